The summed E-state index contributed by atoms with van der Waals surface area (Å²) in [5.74, 6) is -0.408. The number of rotatable bonds is 3. The van der Waals surface area contributed by atoms with Crippen LogP contribution in [0, 0.1) is 5.82 Å². The summed E-state index contributed by atoms with van der Waals surface area (Å²) in [6.07, 6.45) is -3.01. The summed E-state index contributed by atoms with van der Waals surface area (Å²) < 4.78 is 51.2. The molecule has 1 aliphatic heterocycles. The molecule has 1 fully saturated rings. The first-order valence-electron chi connectivity index (χ1n) is 8.54. The van der Waals surface area contributed by atoms with Crippen LogP contribution in [0.4, 0.5) is 23.4 Å². The van der Waals surface area contributed by atoms with Crippen molar-refractivity contribution in [1.29, 1.82) is 0 Å². The number of alkyl halides is 3. The van der Waals surface area contributed by atoms with Crippen LogP contribution in [-0.2, 0) is 6.18 Å². The Morgan fingerprint density at radius 2 is 2.07 bits per heavy atom. The summed E-state index contributed by atoms with van der Waals surface area (Å²) in [7, 11) is 0. The molecule has 1 saturated heterocycles. The number of anilines is 1. The summed E-state index contributed by atoms with van der Waals surface area (Å²) in [4.78, 5) is 18.2. The molecule has 1 amide bonds. The van der Waals surface area contributed by atoms with Crippen molar-refractivity contribution in [2.24, 2.45) is 0 Å². The molecular formula is C18H15F4N5O. The molecule has 3 heterocycles. The average Bonchev–Trinajstić information content (AvgIpc) is 3.27. The van der Waals surface area contributed by atoms with Gasteiger partial charge in [-0.2, -0.15) is 18.3 Å². The fourth-order valence-corrected chi connectivity index (χ4v) is 3.25. The Bertz CT molecular complexity index is 1010. The highest BCUT2D eigenvalue weighted by Crippen LogP contribution is 2.30. The number of benzene rings is 1. The second-order valence-corrected chi connectivity index (χ2v) is 6.57. The van der Waals surface area contributed by atoms with Crippen LogP contribution in [0.25, 0.3) is 10.9 Å². The van der Waals surface area contributed by atoms with Gasteiger partial charge in [-0.1, -0.05) is 0 Å². The molecule has 0 spiro atoms. The number of carbonyl (C=O) groups excluding carboxylic acids is 1. The van der Waals surface area contributed by atoms with Crippen molar-refractivity contribution < 1.29 is 22.4 Å². The molecule has 1 aromatic carbocycles. The number of hydrogen-bond acceptors (Lipinski definition) is 4. The molecule has 1 aliphatic rings. The van der Waals surface area contributed by atoms with E-state index < -0.39 is 23.5 Å². The van der Waals surface area contributed by atoms with Gasteiger partial charge in [-0.05, 0) is 36.8 Å². The van der Waals surface area contributed by atoms with Gasteiger partial charge in [-0.25, -0.2) is 9.37 Å². The van der Waals surface area contributed by atoms with Gasteiger partial charge in [-0.15, -0.1) is 0 Å². The first kappa shape index (κ1) is 18.2. The highest BCUT2D eigenvalue weighted by Gasteiger charge is 2.32. The summed E-state index contributed by atoms with van der Waals surface area (Å²) in [6.45, 7) is 0.969. The van der Waals surface area contributed by atoms with Crippen molar-refractivity contribution >= 4 is 22.6 Å². The zero-order chi connectivity index (χ0) is 19.9. The maximum Gasteiger partial charge on any atom is 0.417 e. The molecule has 6 nitrogen and oxygen atoms in total. The molecule has 4 rings (SSSR count). The van der Waals surface area contributed by atoms with E-state index in [4.69, 9.17) is 0 Å². The number of carbonyl (C=O) groups is 1. The zero-order valence-corrected chi connectivity index (χ0v) is 14.4. The number of halogens is 4. The first-order chi connectivity index (χ1) is 13.3. The predicted molar refractivity (Wildman–Crippen MR) is 93.4 cm³/mol. The van der Waals surface area contributed by atoms with E-state index in [0.717, 1.165) is 12.3 Å². The molecule has 3 aromatic rings. The maximum atomic E-state index is 13.2. The molecular weight excluding hydrogens is 378 g/mol. The first-order valence-corrected chi connectivity index (χ1v) is 8.54. The maximum absolute atomic E-state index is 13.2. The number of pyridine rings is 1. The summed E-state index contributed by atoms with van der Waals surface area (Å²) in [5.41, 5.74) is -0.213. The van der Waals surface area contributed by atoms with Gasteiger partial charge >= 0.3 is 6.18 Å². The molecule has 2 N–H and O–H groups in total. The molecule has 1 unspecified atom stereocenters. The fourth-order valence-electron chi connectivity index (χ4n) is 3.25. The standard InChI is InChI=1S/C18H15F4N5O/c19-11-2-3-13-14(7-11)25-26-16(13)17(28)24-12-5-6-27(9-12)15-4-1-10(8-23-15)18(20,21)22/h1-4,7-8,12H,5-6,9H2,(H,24,28)(H,25,26). The van der Waals surface area contributed by atoms with Crippen LogP contribution in [0.5, 0.6) is 0 Å². The second-order valence-electron chi connectivity index (χ2n) is 6.57. The van der Waals surface area contributed by atoms with Crippen molar-refractivity contribution in [2.45, 2.75) is 18.6 Å². The third-order valence-electron chi connectivity index (χ3n) is 4.66. The molecule has 1 atom stereocenters. The van der Waals surface area contributed by atoms with Crippen LogP contribution >= 0.6 is 0 Å². The third-order valence-corrected chi connectivity index (χ3v) is 4.66. The van der Waals surface area contributed by atoms with Gasteiger partial charge in [0, 0.05) is 30.7 Å². The number of nitrogens with zero attached hydrogens (tertiary/aromatic N) is 3. The van der Waals surface area contributed by atoms with E-state index in [2.05, 4.69) is 20.5 Å². The van der Waals surface area contributed by atoms with Gasteiger partial charge in [0.2, 0.25) is 0 Å². The minimum absolute atomic E-state index is 0.168. The van der Waals surface area contributed by atoms with Gasteiger partial charge in [0.25, 0.3) is 5.91 Å². The van der Waals surface area contributed by atoms with E-state index in [1.54, 1.807) is 0 Å². The van der Waals surface area contributed by atoms with Gasteiger partial charge < -0.3 is 10.2 Å². The molecule has 28 heavy (non-hydrogen) atoms. The topological polar surface area (TPSA) is 73.9 Å². The number of nitrogens with one attached hydrogen (secondary N) is 2. The van der Waals surface area contributed by atoms with Crippen LogP contribution in [0.2, 0.25) is 0 Å². The number of fused-ring (bicyclic) bond motifs is 1. The van der Waals surface area contributed by atoms with E-state index in [-0.39, 0.29) is 11.7 Å². The van der Waals surface area contributed by atoms with E-state index in [1.807, 2.05) is 4.90 Å². The molecule has 146 valence electrons. The minimum atomic E-state index is -4.43. The number of hydrogen-bond donors (Lipinski definition) is 2. The van der Waals surface area contributed by atoms with E-state index in [1.165, 1.54) is 24.3 Å². The van der Waals surface area contributed by atoms with Crippen LogP contribution in [0.3, 0.4) is 0 Å². The predicted octanol–water partition coefficient (Wildman–Crippen LogP) is 3.12. The Hall–Kier alpha value is -3.17. The smallest absolute Gasteiger partial charge is 0.354 e. The zero-order valence-electron chi connectivity index (χ0n) is 14.4. The number of aromatic amines is 1. The quantitative estimate of drug-likeness (QED) is 0.671. The Kier molecular flexibility index (Phi) is 4.40. The second kappa shape index (κ2) is 6.77. The molecule has 0 saturated carbocycles. The number of amides is 1. The highest BCUT2D eigenvalue weighted by molar-refractivity contribution is 6.04. The van der Waals surface area contributed by atoms with Crippen molar-refractivity contribution in [3.8, 4) is 0 Å². The van der Waals surface area contributed by atoms with Gasteiger partial charge in [0.1, 0.15) is 11.6 Å². The van der Waals surface area contributed by atoms with E-state index >= 15 is 0 Å². The lowest BCUT2D eigenvalue weighted by Gasteiger charge is -2.18. The molecule has 10 heteroatoms. The van der Waals surface area contributed by atoms with Crippen LogP contribution in [0.15, 0.2) is 36.5 Å². The Morgan fingerprint density at radius 1 is 1.25 bits per heavy atom. The lowest BCUT2D eigenvalue weighted by Crippen LogP contribution is -2.37. The molecule has 0 aliphatic carbocycles. The third kappa shape index (κ3) is 3.49. The Labute approximate surface area is 156 Å². The van der Waals surface area contributed by atoms with E-state index in [9.17, 15) is 22.4 Å². The van der Waals surface area contributed by atoms with Crippen molar-refractivity contribution in [1.82, 2.24) is 20.5 Å². The summed E-state index contributed by atoms with van der Waals surface area (Å²) in [6, 6.07) is 6.10. The number of aromatic nitrogens is 3. The van der Waals surface area contributed by atoms with Crippen molar-refractivity contribution in [2.75, 3.05) is 18.0 Å². The lowest BCUT2D eigenvalue weighted by molar-refractivity contribution is -0.137. The monoisotopic (exact) mass is 393 g/mol. The van der Waals surface area contributed by atoms with E-state index in [0.29, 0.717) is 36.2 Å². The normalized spacial score (nSPS) is 17.3. The van der Waals surface area contributed by atoms with Crippen LogP contribution in [0.1, 0.15) is 22.5 Å². The Morgan fingerprint density at radius 3 is 2.79 bits per heavy atom. The molecule has 0 bridgehead atoms. The van der Waals surface area contributed by atoms with Gasteiger partial charge in [0.15, 0.2) is 5.69 Å². The number of H-pyrrole nitrogens is 1. The summed E-state index contributed by atoms with van der Waals surface area (Å²) >= 11 is 0. The SMILES string of the molecule is O=C(NC1CCN(c2ccc(C(F)(F)F)cn2)C1)c1n[nH]c2cc(F)ccc12. The molecule has 0 radical (unpaired) electrons. The minimum Gasteiger partial charge on any atom is -0.354 e. The largest absolute Gasteiger partial charge is 0.417 e. The Balaban J connectivity index is 1.42. The highest BCUT2D eigenvalue weighted by atomic mass is 19.4. The fraction of sp³-hybridized carbons (Fsp3) is 0.278. The van der Waals surface area contributed by atoms with Gasteiger partial charge in [0.05, 0.1) is 11.1 Å². The van der Waals surface area contributed by atoms with Crippen LogP contribution in [-0.4, -0.2) is 40.2 Å². The van der Waals surface area contributed by atoms with Gasteiger partial charge in [-0.3, -0.25) is 9.89 Å². The van der Waals surface area contributed by atoms with Crippen LogP contribution < -0.4 is 10.2 Å². The lowest BCUT2D eigenvalue weighted by atomic mass is 10.2. The van der Waals surface area contributed by atoms with Crippen molar-refractivity contribution in [3.63, 3.8) is 0 Å². The molecule has 2 aromatic heterocycles. The average molecular weight is 393 g/mol. The van der Waals surface area contributed by atoms with Crippen molar-refractivity contribution in [3.05, 3.63) is 53.6 Å². The summed E-state index contributed by atoms with van der Waals surface area (Å²) in [5, 5.41) is 9.95.